The van der Waals surface area contributed by atoms with E-state index < -0.39 is 0 Å². The van der Waals surface area contributed by atoms with E-state index in [-0.39, 0.29) is 12.0 Å². The molecule has 0 spiro atoms. The highest BCUT2D eigenvalue weighted by Crippen LogP contribution is 2.17. The summed E-state index contributed by atoms with van der Waals surface area (Å²) >= 11 is 0. The van der Waals surface area contributed by atoms with Crippen LogP contribution < -0.4 is 5.32 Å². The minimum absolute atomic E-state index is 0.0170. The Morgan fingerprint density at radius 3 is 2.64 bits per heavy atom. The van der Waals surface area contributed by atoms with Crippen LogP contribution in [0.5, 0.6) is 0 Å². The maximum absolute atomic E-state index is 8.99. The zero-order valence-corrected chi connectivity index (χ0v) is 7.35. The standard InChI is InChI=1S/C9H17NO/c1-4-6-10-7-9(3,5-2)8-11/h1,10-11H,5-8H2,2-3H3. The molecule has 2 heteroatoms. The molecule has 0 bridgehead atoms. The average molecular weight is 155 g/mol. The number of aliphatic hydroxyl groups excluding tert-OH is 1. The molecule has 0 radical (unpaired) electrons. The summed E-state index contributed by atoms with van der Waals surface area (Å²) in [7, 11) is 0. The third-order valence-corrected chi connectivity index (χ3v) is 2.01. The van der Waals surface area contributed by atoms with Crippen molar-refractivity contribution in [1.29, 1.82) is 0 Å². The lowest BCUT2D eigenvalue weighted by Crippen LogP contribution is -2.34. The van der Waals surface area contributed by atoms with Gasteiger partial charge in [0.2, 0.25) is 0 Å². The Kier molecular flexibility index (Phi) is 4.93. The quantitative estimate of drug-likeness (QED) is 0.450. The SMILES string of the molecule is C#CCNCC(C)(CC)CO. The molecular formula is C9H17NO. The van der Waals surface area contributed by atoms with Gasteiger partial charge < -0.3 is 10.4 Å². The Morgan fingerprint density at radius 2 is 2.27 bits per heavy atom. The molecule has 0 aliphatic rings. The highest BCUT2D eigenvalue weighted by Gasteiger charge is 2.19. The monoisotopic (exact) mass is 155 g/mol. The van der Waals surface area contributed by atoms with Crippen molar-refractivity contribution in [3.63, 3.8) is 0 Å². The van der Waals surface area contributed by atoms with Crippen molar-refractivity contribution in [2.75, 3.05) is 19.7 Å². The predicted molar refractivity (Wildman–Crippen MR) is 47.2 cm³/mol. The van der Waals surface area contributed by atoms with E-state index in [9.17, 15) is 0 Å². The van der Waals surface area contributed by atoms with Gasteiger partial charge in [-0.15, -0.1) is 6.42 Å². The number of hydrogen-bond acceptors (Lipinski definition) is 2. The maximum atomic E-state index is 8.99. The minimum atomic E-state index is -0.0170. The summed E-state index contributed by atoms with van der Waals surface area (Å²) < 4.78 is 0. The number of nitrogens with one attached hydrogen (secondary N) is 1. The molecule has 2 nitrogen and oxygen atoms in total. The van der Waals surface area contributed by atoms with Gasteiger partial charge in [0, 0.05) is 18.6 Å². The molecule has 0 aromatic carbocycles. The van der Waals surface area contributed by atoms with Crippen molar-refractivity contribution >= 4 is 0 Å². The molecule has 64 valence electrons. The van der Waals surface area contributed by atoms with E-state index in [2.05, 4.69) is 18.2 Å². The molecule has 1 atom stereocenters. The second-order valence-electron chi connectivity index (χ2n) is 3.13. The van der Waals surface area contributed by atoms with Gasteiger partial charge >= 0.3 is 0 Å². The van der Waals surface area contributed by atoms with Crippen LogP contribution in [0.3, 0.4) is 0 Å². The normalized spacial score (nSPS) is 15.5. The first-order valence-corrected chi connectivity index (χ1v) is 3.93. The molecule has 0 aromatic heterocycles. The molecule has 0 aliphatic heterocycles. The van der Waals surface area contributed by atoms with Gasteiger partial charge in [-0.3, -0.25) is 0 Å². The van der Waals surface area contributed by atoms with Crippen LogP contribution in [0.4, 0.5) is 0 Å². The van der Waals surface area contributed by atoms with Crippen LogP contribution in [-0.4, -0.2) is 24.8 Å². The number of aliphatic hydroxyl groups is 1. The Bertz CT molecular complexity index is 133. The van der Waals surface area contributed by atoms with Gasteiger partial charge in [-0.1, -0.05) is 19.8 Å². The summed E-state index contributed by atoms with van der Waals surface area (Å²) in [5, 5.41) is 12.1. The third kappa shape index (κ3) is 4.02. The Balaban J connectivity index is 3.62. The van der Waals surface area contributed by atoms with E-state index in [0.717, 1.165) is 13.0 Å². The summed E-state index contributed by atoms with van der Waals surface area (Å²) in [6.07, 6.45) is 6.03. The van der Waals surface area contributed by atoms with Crippen molar-refractivity contribution in [1.82, 2.24) is 5.32 Å². The topological polar surface area (TPSA) is 32.3 Å². The fraction of sp³-hybridized carbons (Fsp3) is 0.778. The van der Waals surface area contributed by atoms with Crippen LogP contribution in [0.1, 0.15) is 20.3 Å². The molecule has 11 heavy (non-hydrogen) atoms. The first-order chi connectivity index (χ1) is 5.18. The van der Waals surface area contributed by atoms with Gasteiger partial charge in [0.05, 0.1) is 6.54 Å². The minimum Gasteiger partial charge on any atom is -0.396 e. The molecule has 0 aromatic rings. The highest BCUT2D eigenvalue weighted by atomic mass is 16.3. The molecule has 0 saturated heterocycles. The predicted octanol–water partition coefficient (Wildman–Crippen LogP) is 0.618. The molecule has 0 aliphatic carbocycles. The van der Waals surface area contributed by atoms with Crippen molar-refractivity contribution in [3.05, 3.63) is 0 Å². The summed E-state index contributed by atoms with van der Waals surface area (Å²) in [6.45, 7) is 5.67. The van der Waals surface area contributed by atoms with Gasteiger partial charge in [-0.05, 0) is 6.42 Å². The number of terminal acetylenes is 1. The van der Waals surface area contributed by atoms with Crippen molar-refractivity contribution < 1.29 is 5.11 Å². The number of rotatable bonds is 5. The van der Waals surface area contributed by atoms with Crippen LogP contribution in [-0.2, 0) is 0 Å². The Labute approximate surface area is 69.0 Å². The summed E-state index contributed by atoms with van der Waals surface area (Å²) in [6, 6.07) is 0. The van der Waals surface area contributed by atoms with Crippen molar-refractivity contribution in [3.8, 4) is 12.3 Å². The zero-order valence-electron chi connectivity index (χ0n) is 7.35. The lowest BCUT2D eigenvalue weighted by atomic mass is 9.89. The molecule has 0 rings (SSSR count). The van der Waals surface area contributed by atoms with E-state index in [1.807, 2.05) is 6.92 Å². The smallest absolute Gasteiger partial charge is 0.0574 e. The fourth-order valence-corrected chi connectivity index (χ4v) is 0.729. The van der Waals surface area contributed by atoms with E-state index in [4.69, 9.17) is 11.5 Å². The van der Waals surface area contributed by atoms with Crippen LogP contribution in [0, 0.1) is 17.8 Å². The van der Waals surface area contributed by atoms with Gasteiger partial charge in [0.1, 0.15) is 0 Å². The summed E-state index contributed by atoms with van der Waals surface area (Å²) in [5.74, 6) is 2.50. The van der Waals surface area contributed by atoms with Gasteiger partial charge in [-0.25, -0.2) is 0 Å². The molecule has 0 fully saturated rings. The van der Waals surface area contributed by atoms with Gasteiger partial charge in [-0.2, -0.15) is 0 Å². The van der Waals surface area contributed by atoms with Crippen LogP contribution in [0.2, 0.25) is 0 Å². The Hall–Kier alpha value is -0.520. The molecular weight excluding hydrogens is 138 g/mol. The fourth-order valence-electron chi connectivity index (χ4n) is 0.729. The lowest BCUT2D eigenvalue weighted by molar-refractivity contribution is 0.137. The largest absolute Gasteiger partial charge is 0.396 e. The van der Waals surface area contributed by atoms with Crippen LogP contribution in [0.15, 0.2) is 0 Å². The van der Waals surface area contributed by atoms with Crippen molar-refractivity contribution in [2.45, 2.75) is 20.3 Å². The summed E-state index contributed by atoms with van der Waals surface area (Å²) in [4.78, 5) is 0. The average Bonchev–Trinajstić information content (AvgIpc) is 2.05. The van der Waals surface area contributed by atoms with Crippen LogP contribution in [0.25, 0.3) is 0 Å². The van der Waals surface area contributed by atoms with Gasteiger partial charge in [0.25, 0.3) is 0 Å². The zero-order chi connectivity index (χ0) is 8.74. The molecule has 0 amide bonds. The maximum Gasteiger partial charge on any atom is 0.0574 e. The van der Waals surface area contributed by atoms with E-state index >= 15 is 0 Å². The highest BCUT2D eigenvalue weighted by molar-refractivity contribution is 4.87. The number of hydrogen-bond donors (Lipinski definition) is 2. The molecule has 0 heterocycles. The molecule has 1 unspecified atom stereocenters. The van der Waals surface area contributed by atoms with E-state index in [0.29, 0.717) is 6.54 Å². The first kappa shape index (κ1) is 10.5. The second-order valence-corrected chi connectivity index (χ2v) is 3.13. The van der Waals surface area contributed by atoms with E-state index in [1.165, 1.54) is 0 Å². The first-order valence-electron chi connectivity index (χ1n) is 3.93. The summed E-state index contributed by atoms with van der Waals surface area (Å²) in [5.41, 5.74) is -0.0170. The Morgan fingerprint density at radius 1 is 1.64 bits per heavy atom. The van der Waals surface area contributed by atoms with Gasteiger partial charge in [0.15, 0.2) is 0 Å². The van der Waals surface area contributed by atoms with E-state index in [1.54, 1.807) is 0 Å². The molecule has 0 saturated carbocycles. The lowest BCUT2D eigenvalue weighted by Gasteiger charge is -2.25. The van der Waals surface area contributed by atoms with Crippen LogP contribution >= 0.6 is 0 Å². The van der Waals surface area contributed by atoms with Crippen molar-refractivity contribution in [2.24, 2.45) is 5.41 Å². The molecule has 2 N–H and O–H groups in total. The second kappa shape index (κ2) is 5.17. The third-order valence-electron chi connectivity index (χ3n) is 2.01.